The Bertz CT molecular complexity index is 562. The molecule has 6 nitrogen and oxygen atoms in total. The van der Waals surface area contributed by atoms with Crippen molar-refractivity contribution < 1.29 is 4.79 Å². The van der Waals surface area contributed by atoms with Crippen LogP contribution < -0.4 is 5.32 Å². The minimum Gasteiger partial charge on any atom is -0.345 e. The highest BCUT2D eigenvalue weighted by atomic mass is 79.9. The normalized spacial score (nSPS) is 10.6. The van der Waals surface area contributed by atoms with Crippen LogP contribution in [0.15, 0.2) is 21.3 Å². The number of aryl methyl sites for hydroxylation is 1. The number of halogens is 2. The topological polar surface area (TPSA) is 75.6 Å². The Balaban J connectivity index is 2.01. The summed E-state index contributed by atoms with van der Waals surface area (Å²) >= 11 is 6.65. The Morgan fingerprint density at radius 3 is 2.83 bits per heavy atom. The monoisotopic (exact) mass is 375 g/mol. The molecule has 8 heteroatoms. The number of rotatable bonds is 4. The second-order valence-electron chi connectivity index (χ2n) is 3.56. The summed E-state index contributed by atoms with van der Waals surface area (Å²) in [5.41, 5.74) is 1.20. The minimum absolute atomic E-state index is 0.225. The highest BCUT2D eigenvalue weighted by Gasteiger charge is 2.13. The minimum atomic E-state index is -0.225. The smallest absolute Gasteiger partial charge is 0.270 e. The Morgan fingerprint density at radius 1 is 1.50 bits per heavy atom. The number of hydrogen-bond acceptors (Lipinski definition) is 3. The van der Waals surface area contributed by atoms with E-state index in [9.17, 15) is 4.79 Å². The van der Waals surface area contributed by atoms with Gasteiger partial charge in [0.25, 0.3) is 5.91 Å². The van der Waals surface area contributed by atoms with Gasteiger partial charge in [-0.05, 0) is 38.8 Å². The van der Waals surface area contributed by atoms with Crippen LogP contribution in [0.1, 0.15) is 23.1 Å². The van der Waals surface area contributed by atoms with Crippen LogP contribution in [0.5, 0.6) is 0 Å². The molecule has 0 saturated carbocycles. The fourth-order valence-electron chi connectivity index (χ4n) is 1.40. The number of aromatic amines is 1. The predicted molar refractivity (Wildman–Crippen MR) is 73.1 cm³/mol. The molecule has 2 aromatic rings. The average Bonchev–Trinajstić information content (AvgIpc) is 2.92. The van der Waals surface area contributed by atoms with Crippen molar-refractivity contribution in [3.8, 4) is 0 Å². The molecule has 0 radical (unpaired) electrons. The Morgan fingerprint density at radius 2 is 2.28 bits per heavy atom. The number of aromatic nitrogens is 4. The van der Waals surface area contributed by atoms with Crippen LogP contribution in [0.3, 0.4) is 0 Å². The van der Waals surface area contributed by atoms with Gasteiger partial charge < -0.3 is 5.32 Å². The van der Waals surface area contributed by atoms with Gasteiger partial charge in [0.05, 0.1) is 27.4 Å². The van der Waals surface area contributed by atoms with Crippen molar-refractivity contribution in [3.63, 3.8) is 0 Å². The summed E-state index contributed by atoms with van der Waals surface area (Å²) in [5, 5.41) is 13.5. The van der Waals surface area contributed by atoms with E-state index in [4.69, 9.17) is 0 Å². The fourth-order valence-corrected chi connectivity index (χ4v) is 2.23. The van der Waals surface area contributed by atoms with Gasteiger partial charge in [-0.15, -0.1) is 0 Å². The molecule has 96 valence electrons. The second kappa shape index (κ2) is 5.66. The van der Waals surface area contributed by atoms with Crippen molar-refractivity contribution >= 4 is 37.8 Å². The SMILES string of the molecule is CCn1cc(Br)c(CNC(=O)c2[nH]ncc2Br)n1. The fraction of sp³-hybridized carbons (Fsp3) is 0.300. The van der Waals surface area contributed by atoms with Gasteiger partial charge >= 0.3 is 0 Å². The highest BCUT2D eigenvalue weighted by Crippen LogP contribution is 2.16. The molecule has 0 unspecified atom stereocenters. The molecule has 0 aromatic carbocycles. The zero-order valence-corrected chi connectivity index (χ0v) is 12.7. The zero-order valence-electron chi connectivity index (χ0n) is 9.57. The zero-order chi connectivity index (χ0) is 13.1. The maximum atomic E-state index is 11.8. The van der Waals surface area contributed by atoms with Crippen molar-refractivity contribution in [2.75, 3.05) is 0 Å². The number of nitrogens with zero attached hydrogens (tertiary/aromatic N) is 3. The molecular weight excluding hydrogens is 366 g/mol. The Hall–Kier alpha value is -1.15. The van der Waals surface area contributed by atoms with Crippen LogP contribution >= 0.6 is 31.9 Å². The predicted octanol–water partition coefficient (Wildman–Crippen LogP) is 2.08. The second-order valence-corrected chi connectivity index (χ2v) is 5.26. The Labute approximate surface area is 120 Å². The first-order valence-electron chi connectivity index (χ1n) is 5.30. The number of carbonyl (C=O) groups is 1. The van der Waals surface area contributed by atoms with Gasteiger partial charge in [-0.25, -0.2) is 0 Å². The van der Waals surface area contributed by atoms with Gasteiger partial charge in [0.2, 0.25) is 0 Å². The lowest BCUT2D eigenvalue weighted by molar-refractivity contribution is 0.0944. The molecule has 0 saturated heterocycles. The van der Waals surface area contributed by atoms with E-state index in [0.717, 1.165) is 16.7 Å². The number of carbonyl (C=O) groups excluding carboxylic acids is 1. The van der Waals surface area contributed by atoms with E-state index in [1.54, 1.807) is 4.68 Å². The third-order valence-electron chi connectivity index (χ3n) is 2.35. The summed E-state index contributed by atoms with van der Waals surface area (Å²) < 4.78 is 3.32. The van der Waals surface area contributed by atoms with Crippen molar-refractivity contribution in [3.05, 3.63) is 32.7 Å². The maximum absolute atomic E-state index is 11.8. The molecule has 0 spiro atoms. The molecule has 2 heterocycles. The molecule has 0 bridgehead atoms. The summed E-state index contributed by atoms with van der Waals surface area (Å²) in [5.74, 6) is -0.225. The summed E-state index contributed by atoms with van der Waals surface area (Å²) in [7, 11) is 0. The largest absolute Gasteiger partial charge is 0.345 e. The molecule has 2 N–H and O–H groups in total. The van der Waals surface area contributed by atoms with Gasteiger partial charge in [0, 0.05) is 12.7 Å². The van der Waals surface area contributed by atoms with Gasteiger partial charge in [-0.3, -0.25) is 14.6 Å². The molecular formula is C10H11Br2N5O. The molecule has 1 amide bonds. The lowest BCUT2D eigenvalue weighted by Gasteiger charge is -2.02. The summed E-state index contributed by atoms with van der Waals surface area (Å²) in [6.45, 7) is 3.15. The average molecular weight is 377 g/mol. The quantitative estimate of drug-likeness (QED) is 0.857. The first kappa shape index (κ1) is 13.3. The summed E-state index contributed by atoms with van der Waals surface area (Å²) in [4.78, 5) is 11.8. The lowest BCUT2D eigenvalue weighted by Crippen LogP contribution is -2.24. The van der Waals surface area contributed by atoms with Crippen LogP contribution in [-0.2, 0) is 13.1 Å². The van der Waals surface area contributed by atoms with E-state index in [2.05, 4.69) is 52.5 Å². The molecule has 0 aliphatic carbocycles. The summed E-state index contributed by atoms with van der Waals surface area (Å²) in [6.07, 6.45) is 3.42. The molecule has 2 rings (SSSR count). The highest BCUT2D eigenvalue weighted by molar-refractivity contribution is 9.10. The van der Waals surface area contributed by atoms with Crippen molar-refractivity contribution in [2.24, 2.45) is 0 Å². The lowest BCUT2D eigenvalue weighted by atomic mass is 10.4. The number of hydrogen-bond donors (Lipinski definition) is 2. The molecule has 2 aromatic heterocycles. The van der Waals surface area contributed by atoms with Crippen LogP contribution in [0.2, 0.25) is 0 Å². The number of amides is 1. The van der Waals surface area contributed by atoms with Crippen molar-refractivity contribution in [1.82, 2.24) is 25.3 Å². The number of H-pyrrole nitrogens is 1. The van der Waals surface area contributed by atoms with Crippen molar-refractivity contribution in [2.45, 2.75) is 20.0 Å². The first-order valence-corrected chi connectivity index (χ1v) is 6.89. The van der Waals surface area contributed by atoms with E-state index in [1.165, 1.54) is 6.20 Å². The van der Waals surface area contributed by atoms with Crippen molar-refractivity contribution in [1.29, 1.82) is 0 Å². The van der Waals surface area contributed by atoms with Crippen LogP contribution in [0, 0.1) is 0 Å². The standard InChI is InChI=1S/C10H11Br2N5O/c1-2-17-5-7(12)8(16-17)4-13-10(18)9-6(11)3-14-15-9/h3,5H,2,4H2,1H3,(H,13,18)(H,14,15). The number of nitrogens with one attached hydrogen (secondary N) is 2. The van der Waals surface area contributed by atoms with E-state index in [0.29, 0.717) is 16.7 Å². The van der Waals surface area contributed by atoms with E-state index in [1.807, 2.05) is 13.1 Å². The van der Waals surface area contributed by atoms with E-state index >= 15 is 0 Å². The Kier molecular flexibility index (Phi) is 4.18. The van der Waals surface area contributed by atoms with Crippen LogP contribution in [0.25, 0.3) is 0 Å². The molecule has 0 atom stereocenters. The summed E-state index contributed by atoms with van der Waals surface area (Å²) in [6, 6.07) is 0. The maximum Gasteiger partial charge on any atom is 0.270 e. The third kappa shape index (κ3) is 2.81. The van der Waals surface area contributed by atoms with Crippen LogP contribution in [0.4, 0.5) is 0 Å². The molecule has 18 heavy (non-hydrogen) atoms. The third-order valence-corrected chi connectivity index (χ3v) is 3.61. The molecule has 0 aliphatic rings. The molecule has 0 fully saturated rings. The van der Waals surface area contributed by atoms with Gasteiger partial charge in [0.1, 0.15) is 5.69 Å². The molecule has 0 aliphatic heterocycles. The van der Waals surface area contributed by atoms with Gasteiger partial charge in [0.15, 0.2) is 0 Å². The van der Waals surface area contributed by atoms with E-state index in [-0.39, 0.29) is 5.91 Å². The van der Waals surface area contributed by atoms with E-state index < -0.39 is 0 Å². The van der Waals surface area contributed by atoms with Crippen LogP contribution in [-0.4, -0.2) is 25.9 Å². The van der Waals surface area contributed by atoms with Gasteiger partial charge in [-0.1, -0.05) is 0 Å². The van der Waals surface area contributed by atoms with Gasteiger partial charge in [-0.2, -0.15) is 10.2 Å². The first-order chi connectivity index (χ1) is 8.61.